The van der Waals surface area contributed by atoms with E-state index in [4.69, 9.17) is 0 Å². The monoisotopic (exact) mass is 292 g/mol. The normalized spacial score (nSPS) is 15.2. The zero-order valence-electron chi connectivity index (χ0n) is 12.2. The van der Waals surface area contributed by atoms with E-state index in [1.165, 1.54) is 17.8 Å². The van der Waals surface area contributed by atoms with Crippen LogP contribution < -0.4 is 10.6 Å². The maximum atomic E-state index is 4.61. The maximum absolute atomic E-state index is 4.61. The molecule has 0 atom stereocenters. The maximum Gasteiger partial charge on any atom is 0.191 e. The minimum absolute atomic E-state index is 0.629. The molecule has 0 amide bonds. The van der Waals surface area contributed by atoms with Crippen molar-refractivity contribution in [3.63, 3.8) is 0 Å². The van der Waals surface area contributed by atoms with Crippen molar-refractivity contribution in [2.24, 2.45) is 4.99 Å². The predicted molar refractivity (Wildman–Crippen MR) is 86.4 cm³/mol. The van der Waals surface area contributed by atoms with Gasteiger partial charge in [-0.3, -0.25) is 4.99 Å². The van der Waals surface area contributed by atoms with Crippen molar-refractivity contribution in [1.29, 1.82) is 0 Å². The molecule has 5 heteroatoms. The van der Waals surface area contributed by atoms with Crippen LogP contribution in [-0.2, 0) is 6.42 Å². The first-order valence-electron chi connectivity index (χ1n) is 7.34. The van der Waals surface area contributed by atoms with Crippen LogP contribution in [0.1, 0.15) is 36.4 Å². The Balaban J connectivity index is 1.64. The lowest BCUT2D eigenvalue weighted by atomic mass is 10.2. The average molecular weight is 292 g/mol. The Morgan fingerprint density at radius 1 is 1.55 bits per heavy atom. The van der Waals surface area contributed by atoms with Gasteiger partial charge in [-0.2, -0.15) is 0 Å². The number of thiazole rings is 1. The zero-order chi connectivity index (χ0) is 14.2. The summed E-state index contributed by atoms with van der Waals surface area (Å²) in [6.07, 6.45) is 7.70. The SMILES string of the molecule is C=CCNC(=NCCCCc1nc(C)cs1)NC1CC1. The number of nitrogens with zero attached hydrogens (tertiary/aromatic N) is 2. The molecule has 0 aromatic carbocycles. The van der Waals surface area contributed by atoms with Crippen LogP contribution in [-0.4, -0.2) is 30.1 Å². The number of nitrogens with one attached hydrogen (secondary N) is 2. The van der Waals surface area contributed by atoms with Gasteiger partial charge in [0.25, 0.3) is 0 Å². The highest BCUT2D eigenvalue weighted by Gasteiger charge is 2.21. The summed E-state index contributed by atoms with van der Waals surface area (Å²) in [4.78, 5) is 9.09. The van der Waals surface area contributed by atoms with Gasteiger partial charge in [-0.25, -0.2) is 4.98 Å². The van der Waals surface area contributed by atoms with E-state index < -0.39 is 0 Å². The molecule has 1 heterocycles. The number of aromatic nitrogens is 1. The number of aryl methyl sites for hydroxylation is 2. The van der Waals surface area contributed by atoms with E-state index in [1.807, 2.05) is 13.0 Å². The summed E-state index contributed by atoms with van der Waals surface area (Å²) in [5, 5.41) is 10.0. The molecule has 0 saturated heterocycles. The summed E-state index contributed by atoms with van der Waals surface area (Å²) in [7, 11) is 0. The van der Waals surface area contributed by atoms with Gasteiger partial charge in [-0.15, -0.1) is 17.9 Å². The average Bonchev–Trinajstić information content (AvgIpc) is 3.16. The molecule has 20 heavy (non-hydrogen) atoms. The smallest absolute Gasteiger partial charge is 0.191 e. The highest BCUT2D eigenvalue weighted by Crippen LogP contribution is 2.18. The fourth-order valence-electron chi connectivity index (χ4n) is 1.84. The topological polar surface area (TPSA) is 49.3 Å². The summed E-state index contributed by atoms with van der Waals surface area (Å²) in [5.41, 5.74) is 1.13. The van der Waals surface area contributed by atoms with Crippen molar-refractivity contribution in [3.8, 4) is 0 Å². The van der Waals surface area contributed by atoms with E-state index in [1.54, 1.807) is 11.3 Å². The lowest BCUT2D eigenvalue weighted by molar-refractivity contribution is 0.730. The van der Waals surface area contributed by atoms with Gasteiger partial charge in [0, 0.05) is 30.2 Å². The largest absolute Gasteiger partial charge is 0.354 e. The van der Waals surface area contributed by atoms with Crippen LogP contribution in [0.4, 0.5) is 0 Å². The molecular formula is C15H24N4S. The predicted octanol–water partition coefficient (Wildman–Crippen LogP) is 2.66. The Morgan fingerprint density at radius 2 is 2.40 bits per heavy atom. The van der Waals surface area contributed by atoms with Gasteiger partial charge in [0.15, 0.2) is 5.96 Å². The molecule has 110 valence electrons. The van der Waals surface area contributed by atoms with Crippen molar-refractivity contribution in [3.05, 3.63) is 28.7 Å². The summed E-state index contributed by atoms with van der Waals surface area (Å²) >= 11 is 1.76. The van der Waals surface area contributed by atoms with Crippen molar-refractivity contribution in [2.45, 2.75) is 45.1 Å². The molecule has 2 rings (SSSR count). The van der Waals surface area contributed by atoms with Gasteiger partial charge >= 0.3 is 0 Å². The number of hydrogen-bond donors (Lipinski definition) is 2. The molecule has 2 N–H and O–H groups in total. The van der Waals surface area contributed by atoms with Crippen LogP contribution in [0.25, 0.3) is 0 Å². The van der Waals surface area contributed by atoms with Gasteiger partial charge in [-0.05, 0) is 39.0 Å². The van der Waals surface area contributed by atoms with E-state index in [0.29, 0.717) is 6.04 Å². The van der Waals surface area contributed by atoms with Gasteiger partial charge in [0.2, 0.25) is 0 Å². The summed E-state index contributed by atoms with van der Waals surface area (Å²) in [6.45, 7) is 7.39. The lowest BCUT2D eigenvalue weighted by Crippen LogP contribution is -2.38. The van der Waals surface area contributed by atoms with E-state index in [9.17, 15) is 0 Å². The lowest BCUT2D eigenvalue weighted by Gasteiger charge is -2.10. The summed E-state index contributed by atoms with van der Waals surface area (Å²) in [5.74, 6) is 0.928. The number of rotatable bonds is 8. The molecule has 1 aliphatic carbocycles. The quantitative estimate of drug-likeness (QED) is 0.335. The Morgan fingerprint density at radius 3 is 3.05 bits per heavy atom. The van der Waals surface area contributed by atoms with Crippen LogP contribution in [0.3, 0.4) is 0 Å². The molecule has 1 aliphatic rings. The van der Waals surface area contributed by atoms with Gasteiger partial charge in [0.05, 0.1) is 5.01 Å². The third kappa shape index (κ3) is 5.74. The summed E-state index contributed by atoms with van der Waals surface area (Å²) in [6, 6.07) is 0.629. The van der Waals surface area contributed by atoms with Crippen molar-refractivity contribution in [2.75, 3.05) is 13.1 Å². The van der Waals surface area contributed by atoms with E-state index in [2.05, 4.69) is 32.6 Å². The molecule has 1 saturated carbocycles. The Hall–Kier alpha value is -1.36. The molecule has 1 aromatic rings. The molecule has 4 nitrogen and oxygen atoms in total. The molecule has 0 bridgehead atoms. The summed E-state index contributed by atoms with van der Waals surface area (Å²) < 4.78 is 0. The molecule has 0 radical (unpaired) electrons. The third-order valence-corrected chi connectivity index (χ3v) is 4.09. The number of unbranched alkanes of at least 4 members (excludes halogenated alkanes) is 1. The molecule has 0 spiro atoms. The fraction of sp³-hybridized carbons (Fsp3) is 0.600. The first-order chi connectivity index (χ1) is 9.78. The van der Waals surface area contributed by atoms with Gasteiger partial charge in [-0.1, -0.05) is 6.08 Å². The Labute approximate surface area is 125 Å². The van der Waals surface area contributed by atoms with E-state index in [-0.39, 0.29) is 0 Å². The van der Waals surface area contributed by atoms with Crippen molar-refractivity contribution < 1.29 is 0 Å². The van der Waals surface area contributed by atoms with Crippen LogP contribution in [0.15, 0.2) is 23.0 Å². The van der Waals surface area contributed by atoms with E-state index in [0.717, 1.165) is 44.0 Å². The van der Waals surface area contributed by atoms with Crippen LogP contribution in [0, 0.1) is 6.92 Å². The minimum Gasteiger partial charge on any atom is -0.354 e. The Bertz CT molecular complexity index is 448. The molecule has 0 aliphatic heterocycles. The molecule has 0 unspecified atom stereocenters. The number of aliphatic imine (C=N–C) groups is 1. The van der Waals surface area contributed by atoms with Crippen molar-refractivity contribution >= 4 is 17.3 Å². The van der Waals surface area contributed by atoms with Crippen molar-refractivity contribution in [1.82, 2.24) is 15.6 Å². The highest BCUT2D eigenvalue weighted by atomic mass is 32.1. The molecule has 1 fully saturated rings. The van der Waals surface area contributed by atoms with Gasteiger partial charge in [0.1, 0.15) is 0 Å². The Kier molecular flexibility index (Phi) is 6.05. The standard InChI is InChI=1S/C15H24N4S/c1-3-9-16-15(19-13-7-8-13)17-10-5-4-6-14-18-12(2)11-20-14/h3,11,13H,1,4-10H2,2H3,(H2,16,17,19). The second-order valence-corrected chi connectivity index (χ2v) is 6.10. The molecular weight excluding hydrogens is 268 g/mol. The molecule has 1 aromatic heterocycles. The zero-order valence-corrected chi connectivity index (χ0v) is 13.0. The van der Waals surface area contributed by atoms with Gasteiger partial charge < -0.3 is 10.6 Å². The van der Waals surface area contributed by atoms with Crippen LogP contribution in [0.5, 0.6) is 0 Å². The van der Waals surface area contributed by atoms with E-state index >= 15 is 0 Å². The number of guanidine groups is 1. The minimum atomic E-state index is 0.629. The highest BCUT2D eigenvalue weighted by molar-refractivity contribution is 7.09. The third-order valence-electron chi connectivity index (χ3n) is 3.07. The first kappa shape index (κ1) is 15.0. The number of hydrogen-bond acceptors (Lipinski definition) is 3. The first-order valence-corrected chi connectivity index (χ1v) is 8.22. The second kappa shape index (κ2) is 8.04. The fourth-order valence-corrected chi connectivity index (χ4v) is 2.66. The second-order valence-electron chi connectivity index (χ2n) is 5.16. The van der Waals surface area contributed by atoms with Crippen LogP contribution >= 0.6 is 11.3 Å². The van der Waals surface area contributed by atoms with Crippen LogP contribution in [0.2, 0.25) is 0 Å².